The van der Waals surface area contributed by atoms with Crippen molar-refractivity contribution in [3.8, 4) is 5.75 Å². The predicted octanol–water partition coefficient (Wildman–Crippen LogP) is 3.25. The van der Waals surface area contributed by atoms with Crippen LogP contribution in [0.3, 0.4) is 0 Å². The SMILES string of the molecule is Cc1c(C(=O)N2CCCC2)[nH]c2c1C[C@@H]1CN(C)CC[C@@]1(c1cccc(O)c1)C2. The van der Waals surface area contributed by atoms with Gasteiger partial charge >= 0.3 is 0 Å². The normalized spacial score (nSPS) is 27.0. The zero-order chi connectivity index (χ0) is 20.2. The molecule has 5 rings (SSSR count). The first-order valence-corrected chi connectivity index (χ1v) is 11.0. The van der Waals surface area contributed by atoms with E-state index in [-0.39, 0.29) is 11.3 Å². The van der Waals surface area contributed by atoms with Gasteiger partial charge in [0, 0.05) is 30.7 Å². The summed E-state index contributed by atoms with van der Waals surface area (Å²) in [6.45, 7) is 5.98. The number of fused-ring (bicyclic) bond motifs is 2. The van der Waals surface area contributed by atoms with Crippen LogP contribution in [0.1, 0.15) is 52.1 Å². The van der Waals surface area contributed by atoms with Crippen LogP contribution < -0.4 is 0 Å². The van der Waals surface area contributed by atoms with Gasteiger partial charge in [0.2, 0.25) is 0 Å². The lowest BCUT2D eigenvalue weighted by Crippen LogP contribution is -2.52. The lowest BCUT2D eigenvalue weighted by Gasteiger charge is -2.50. The minimum atomic E-state index is 0.0174. The minimum absolute atomic E-state index is 0.0174. The average Bonchev–Trinajstić information content (AvgIpc) is 3.35. The van der Waals surface area contributed by atoms with Gasteiger partial charge < -0.3 is 19.9 Å². The minimum Gasteiger partial charge on any atom is -0.508 e. The summed E-state index contributed by atoms with van der Waals surface area (Å²) in [6, 6.07) is 7.85. The van der Waals surface area contributed by atoms with Gasteiger partial charge in [-0.3, -0.25) is 4.79 Å². The largest absolute Gasteiger partial charge is 0.508 e. The lowest BCUT2D eigenvalue weighted by molar-refractivity contribution is 0.0786. The number of carbonyl (C=O) groups is 1. The molecule has 0 bridgehead atoms. The number of phenols is 1. The molecule has 2 aromatic rings. The molecule has 2 aliphatic heterocycles. The molecule has 0 unspecified atom stereocenters. The number of H-pyrrole nitrogens is 1. The Labute approximate surface area is 172 Å². The monoisotopic (exact) mass is 393 g/mol. The molecule has 1 amide bonds. The Hall–Kier alpha value is -2.27. The molecule has 1 aromatic carbocycles. The number of carbonyl (C=O) groups excluding carboxylic acids is 1. The van der Waals surface area contributed by atoms with Gasteiger partial charge in [-0.25, -0.2) is 0 Å². The van der Waals surface area contributed by atoms with E-state index in [9.17, 15) is 9.90 Å². The molecule has 2 fully saturated rings. The molecule has 0 radical (unpaired) electrons. The summed E-state index contributed by atoms with van der Waals surface area (Å²) in [7, 11) is 2.20. The number of phenolic OH excluding ortho intramolecular Hbond substituents is 1. The van der Waals surface area contributed by atoms with E-state index >= 15 is 0 Å². The maximum Gasteiger partial charge on any atom is 0.270 e. The van der Waals surface area contributed by atoms with E-state index in [0.717, 1.165) is 69.5 Å². The summed E-state index contributed by atoms with van der Waals surface area (Å²) in [6.07, 6.45) is 5.20. The Morgan fingerprint density at radius 2 is 2.03 bits per heavy atom. The second kappa shape index (κ2) is 6.91. The Kier molecular flexibility index (Phi) is 4.46. The number of hydrogen-bond donors (Lipinski definition) is 2. The van der Waals surface area contributed by atoms with Crippen LogP contribution in [0.2, 0.25) is 0 Å². The van der Waals surface area contributed by atoms with Crippen LogP contribution in [0.5, 0.6) is 5.75 Å². The third-order valence-electron chi connectivity index (χ3n) is 7.69. The summed E-state index contributed by atoms with van der Waals surface area (Å²) < 4.78 is 0. The van der Waals surface area contributed by atoms with Crippen molar-refractivity contribution < 1.29 is 9.90 Å². The molecule has 2 saturated heterocycles. The molecule has 3 heterocycles. The lowest BCUT2D eigenvalue weighted by atomic mass is 9.58. The molecule has 5 heteroatoms. The second-order valence-corrected chi connectivity index (χ2v) is 9.38. The maximum absolute atomic E-state index is 13.1. The molecule has 154 valence electrons. The van der Waals surface area contributed by atoms with Crippen LogP contribution in [-0.2, 0) is 18.3 Å². The van der Waals surface area contributed by atoms with Crippen LogP contribution in [-0.4, -0.2) is 59.0 Å². The second-order valence-electron chi connectivity index (χ2n) is 9.38. The molecule has 3 aliphatic rings. The van der Waals surface area contributed by atoms with Crippen molar-refractivity contribution in [3.05, 3.63) is 52.3 Å². The highest BCUT2D eigenvalue weighted by Crippen LogP contribution is 2.49. The van der Waals surface area contributed by atoms with Crippen LogP contribution >= 0.6 is 0 Å². The fraction of sp³-hybridized carbons (Fsp3) is 0.542. The number of aromatic nitrogens is 1. The number of nitrogens with zero attached hydrogens (tertiary/aromatic N) is 2. The van der Waals surface area contributed by atoms with E-state index in [0.29, 0.717) is 11.7 Å². The fourth-order valence-corrected chi connectivity index (χ4v) is 6.01. The number of amides is 1. The standard InChI is InChI=1S/C24H31N3O2/c1-16-20-13-18-15-26(2)11-8-24(18,17-6-5-7-19(28)12-17)14-21(20)25-22(16)23(29)27-9-3-4-10-27/h5-7,12,18,25,28H,3-4,8-11,13-15H2,1-2H3/t18-,24+/m1/s1. The average molecular weight is 394 g/mol. The van der Waals surface area contributed by atoms with E-state index in [1.54, 1.807) is 6.07 Å². The number of nitrogens with one attached hydrogen (secondary N) is 1. The zero-order valence-corrected chi connectivity index (χ0v) is 17.5. The number of aromatic amines is 1. The highest BCUT2D eigenvalue weighted by molar-refractivity contribution is 5.94. The van der Waals surface area contributed by atoms with Crippen LogP contribution in [0.15, 0.2) is 24.3 Å². The van der Waals surface area contributed by atoms with Gasteiger partial charge in [0.1, 0.15) is 11.4 Å². The van der Waals surface area contributed by atoms with Gasteiger partial charge in [-0.2, -0.15) is 0 Å². The first-order valence-electron chi connectivity index (χ1n) is 11.0. The van der Waals surface area contributed by atoms with E-state index in [1.807, 2.05) is 17.0 Å². The Morgan fingerprint density at radius 3 is 2.79 bits per heavy atom. The quantitative estimate of drug-likeness (QED) is 0.823. The van der Waals surface area contributed by atoms with Gasteiger partial charge in [0.05, 0.1) is 0 Å². The Morgan fingerprint density at radius 1 is 1.24 bits per heavy atom. The van der Waals surface area contributed by atoms with Crippen LogP contribution in [0.4, 0.5) is 0 Å². The topological polar surface area (TPSA) is 59.6 Å². The summed E-state index contributed by atoms with van der Waals surface area (Å²) in [5.74, 6) is 0.994. The molecule has 0 saturated carbocycles. The first kappa shape index (κ1) is 18.7. The van der Waals surface area contributed by atoms with Crippen molar-refractivity contribution in [3.63, 3.8) is 0 Å². The number of piperidine rings is 1. The third-order valence-corrected chi connectivity index (χ3v) is 7.69. The molecule has 5 nitrogen and oxygen atoms in total. The Balaban J connectivity index is 1.56. The Bertz CT molecular complexity index is 944. The van der Waals surface area contributed by atoms with E-state index in [1.165, 1.54) is 16.8 Å². The number of aromatic hydroxyl groups is 1. The highest BCUT2D eigenvalue weighted by atomic mass is 16.3. The van der Waals surface area contributed by atoms with E-state index < -0.39 is 0 Å². The van der Waals surface area contributed by atoms with Gasteiger partial charge in [-0.05, 0) is 87.4 Å². The third kappa shape index (κ3) is 2.98. The fourth-order valence-electron chi connectivity index (χ4n) is 6.01. The number of likely N-dealkylation sites (tertiary alicyclic amines) is 2. The molecule has 29 heavy (non-hydrogen) atoms. The highest BCUT2D eigenvalue weighted by Gasteiger charge is 2.48. The van der Waals surface area contributed by atoms with Crippen molar-refractivity contribution in [1.29, 1.82) is 0 Å². The van der Waals surface area contributed by atoms with Gasteiger partial charge in [-0.15, -0.1) is 0 Å². The van der Waals surface area contributed by atoms with Crippen molar-refractivity contribution in [1.82, 2.24) is 14.8 Å². The van der Waals surface area contributed by atoms with Crippen LogP contribution in [0.25, 0.3) is 0 Å². The smallest absolute Gasteiger partial charge is 0.270 e. The maximum atomic E-state index is 13.1. The van der Waals surface area contributed by atoms with Crippen molar-refractivity contribution in [2.75, 3.05) is 33.2 Å². The van der Waals surface area contributed by atoms with Crippen LogP contribution in [0, 0.1) is 12.8 Å². The molecule has 1 aromatic heterocycles. The van der Waals surface area contributed by atoms with Gasteiger partial charge in [-0.1, -0.05) is 12.1 Å². The molecule has 0 spiro atoms. The molecular formula is C24H31N3O2. The summed E-state index contributed by atoms with van der Waals surface area (Å²) in [5.41, 5.74) is 5.78. The zero-order valence-electron chi connectivity index (χ0n) is 17.5. The van der Waals surface area contributed by atoms with Crippen molar-refractivity contribution >= 4 is 5.91 Å². The predicted molar refractivity (Wildman–Crippen MR) is 113 cm³/mol. The molecular weight excluding hydrogens is 362 g/mol. The van der Waals surface area contributed by atoms with Gasteiger partial charge in [0.15, 0.2) is 0 Å². The first-order chi connectivity index (χ1) is 14.0. The van der Waals surface area contributed by atoms with Crippen molar-refractivity contribution in [2.24, 2.45) is 5.92 Å². The molecule has 2 N–H and O–H groups in total. The summed E-state index contributed by atoms with van der Waals surface area (Å²) >= 11 is 0. The molecule has 2 atom stereocenters. The van der Waals surface area contributed by atoms with Gasteiger partial charge in [0.25, 0.3) is 5.91 Å². The summed E-state index contributed by atoms with van der Waals surface area (Å²) in [4.78, 5) is 21.1. The number of rotatable bonds is 2. The van der Waals surface area contributed by atoms with E-state index in [4.69, 9.17) is 0 Å². The summed E-state index contributed by atoms with van der Waals surface area (Å²) in [5, 5.41) is 10.2. The number of benzene rings is 1. The van der Waals surface area contributed by atoms with Crippen molar-refractivity contribution in [2.45, 2.75) is 44.4 Å². The molecule has 1 aliphatic carbocycles. The number of hydrogen-bond acceptors (Lipinski definition) is 3. The van der Waals surface area contributed by atoms with E-state index in [2.05, 4.69) is 29.9 Å².